The van der Waals surface area contributed by atoms with Gasteiger partial charge in [0.15, 0.2) is 0 Å². The summed E-state index contributed by atoms with van der Waals surface area (Å²) in [6.45, 7) is 0.688. The lowest BCUT2D eigenvalue weighted by molar-refractivity contribution is -0.0623. The standard InChI is InChI=1S/C23H27BrFN3O2/c1-30-21-13-20(26)19(24)12-18(21)22(29)27-23-10-2-4-17(5-3-11-23)28(23)14-15-6-8-16(25)9-7-15/h6-9,12-13,17H,2-5,10-11,14,26H2,1H3,(H,27,29). The number of carbonyl (C=O) groups is 1. The molecule has 2 aromatic rings. The number of rotatable bonds is 5. The third-order valence-electron chi connectivity index (χ3n) is 6.42. The van der Waals surface area contributed by atoms with Gasteiger partial charge in [0.1, 0.15) is 11.6 Å². The van der Waals surface area contributed by atoms with Crippen molar-refractivity contribution in [1.29, 1.82) is 0 Å². The maximum absolute atomic E-state index is 13.4. The zero-order valence-corrected chi connectivity index (χ0v) is 18.7. The van der Waals surface area contributed by atoms with Crippen molar-refractivity contribution in [3.05, 3.63) is 57.8 Å². The molecule has 2 aromatic carbocycles. The molecule has 3 N–H and O–H groups in total. The van der Waals surface area contributed by atoms with Crippen LogP contribution in [0.15, 0.2) is 40.9 Å². The summed E-state index contributed by atoms with van der Waals surface area (Å²) in [5, 5.41) is 3.35. The smallest absolute Gasteiger partial charge is 0.256 e. The summed E-state index contributed by atoms with van der Waals surface area (Å²) in [7, 11) is 1.54. The van der Waals surface area contributed by atoms with Gasteiger partial charge < -0.3 is 15.8 Å². The van der Waals surface area contributed by atoms with Gasteiger partial charge in [-0.1, -0.05) is 12.1 Å². The van der Waals surface area contributed by atoms with Crippen molar-refractivity contribution < 1.29 is 13.9 Å². The molecule has 0 spiro atoms. The van der Waals surface area contributed by atoms with Crippen LogP contribution in [0.5, 0.6) is 5.75 Å². The zero-order valence-electron chi connectivity index (χ0n) is 17.1. The van der Waals surface area contributed by atoms with Crippen molar-refractivity contribution in [2.45, 2.75) is 56.8 Å². The maximum atomic E-state index is 13.4. The average molecular weight is 476 g/mol. The SMILES string of the molecule is COc1cc(N)c(Br)cc1C(=O)NC12CCCC(CCC1)N2Cc1ccc(F)cc1. The summed E-state index contributed by atoms with van der Waals surface area (Å²) in [4.78, 5) is 15.8. The van der Waals surface area contributed by atoms with Crippen molar-refractivity contribution in [2.24, 2.45) is 0 Å². The Bertz CT molecular complexity index is 925. The molecule has 0 saturated carbocycles. The second kappa shape index (κ2) is 8.55. The van der Waals surface area contributed by atoms with Crippen LogP contribution in [0, 0.1) is 5.82 Å². The van der Waals surface area contributed by atoms with Gasteiger partial charge in [-0.3, -0.25) is 9.69 Å². The van der Waals surface area contributed by atoms with Crippen molar-refractivity contribution >= 4 is 27.5 Å². The summed E-state index contributed by atoms with van der Waals surface area (Å²) in [5.74, 6) is 0.0543. The number of carbonyl (C=O) groups excluding carboxylic acids is 1. The molecule has 2 bridgehead atoms. The number of nitrogens with one attached hydrogen (secondary N) is 1. The molecule has 2 saturated heterocycles. The number of hydrogen-bond acceptors (Lipinski definition) is 4. The fourth-order valence-corrected chi connectivity index (χ4v) is 5.28. The Morgan fingerprint density at radius 2 is 1.93 bits per heavy atom. The van der Waals surface area contributed by atoms with Crippen LogP contribution in [-0.4, -0.2) is 29.6 Å². The molecule has 5 nitrogen and oxygen atoms in total. The summed E-state index contributed by atoms with van der Waals surface area (Å²) in [6.07, 6.45) is 6.19. The van der Waals surface area contributed by atoms with Gasteiger partial charge in [0.25, 0.3) is 5.91 Å². The van der Waals surface area contributed by atoms with Crippen LogP contribution in [0.3, 0.4) is 0 Å². The van der Waals surface area contributed by atoms with E-state index >= 15 is 0 Å². The number of halogens is 2. The molecular weight excluding hydrogens is 449 g/mol. The van der Waals surface area contributed by atoms with E-state index in [1.807, 2.05) is 12.1 Å². The second-order valence-corrected chi connectivity index (χ2v) is 9.11. The Morgan fingerprint density at radius 3 is 2.57 bits per heavy atom. The van der Waals surface area contributed by atoms with Gasteiger partial charge in [0.05, 0.1) is 18.3 Å². The molecular formula is C23H27BrFN3O2. The van der Waals surface area contributed by atoms with Crippen LogP contribution < -0.4 is 15.8 Å². The molecule has 2 aliphatic rings. The molecule has 0 aromatic heterocycles. The van der Waals surface area contributed by atoms with Crippen molar-refractivity contribution in [3.63, 3.8) is 0 Å². The fourth-order valence-electron chi connectivity index (χ4n) is 4.94. The van der Waals surface area contributed by atoms with Crippen molar-refractivity contribution in [2.75, 3.05) is 12.8 Å². The quantitative estimate of drug-likeness (QED) is 0.606. The van der Waals surface area contributed by atoms with Gasteiger partial charge >= 0.3 is 0 Å². The highest BCUT2D eigenvalue weighted by Crippen LogP contribution is 2.42. The normalized spacial score (nSPS) is 23.8. The lowest BCUT2D eigenvalue weighted by atomic mass is 9.79. The summed E-state index contributed by atoms with van der Waals surface area (Å²) >= 11 is 3.41. The predicted octanol–water partition coefficient (Wildman–Crippen LogP) is 4.84. The first kappa shape index (κ1) is 21.1. The molecule has 0 aliphatic carbocycles. The molecule has 2 fully saturated rings. The molecule has 30 heavy (non-hydrogen) atoms. The third-order valence-corrected chi connectivity index (χ3v) is 7.11. The van der Waals surface area contributed by atoms with Crippen LogP contribution in [0.2, 0.25) is 0 Å². The number of fused-ring (bicyclic) bond motifs is 2. The predicted molar refractivity (Wildman–Crippen MR) is 119 cm³/mol. The largest absolute Gasteiger partial charge is 0.496 e. The number of piperidine rings is 2. The molecule has 160 valence electrons. The molecule has 4 rings (SSSR count). The highest BCUT2D eigenvalue weighted by molar-refractivity contribution is 9.10. The summed E-state index contributed by atoms with van der Waals surface area (Å²) < 4.78 is 19.5. The molecule has 0 unspecified atom stereocenters. The van der Waals surface area contributed by atoms with Gasteiger partial charge in [-0.05, 0) is 78.2 Å². The van der Waals surface area contributed by atoms with Crippen LogP contribution in [-0.2, 0) is 6.54 Å². The number of hydrogen-bond donors (Lipinski definition) is 2. The van der Waals surface area contributed by atoms with E-state index < -0.39 is 5.66 Å². The third kappa shape index (κ3) is 4.05. The fraction of sp³-hybridized carbons (Fsp3) is 0.435. The summed E-state index contributed by atoms with van der Waals surface area (Å²) in [6, 6.07) is 10.4. The number of nitrogens with zero attached hydrogens (tertiary/aromatic N) is 1. The van der Waals surface area contributed by atoms with Gasteiger partial charge in [-0.15, -0.1) is 0 Å². The highest BCUT2D eigenvalue weighted by Gasteiger charge is 2.47. The van der Waals surface area contributed by atoms with E-state index in [-0.39, 0.29) is 11.7 Å². The number of nitrogens with two attached hydrogens (primary N) is 1. The Kier molecular flexibility index (Phi) is 6.02. The highest BCUT2D eigenvalue weighted by atomic mass is 79.9. The number of amides is 1. The van der Waals surface area contributed by atoms with E-state index in [4.69, 9.17) is 10.5 Å². The van der Waals surface area contributed by atoms with E-state index in [0.29, 0.717) is 34.1 Å². The Labute approximate surface area is 184 Å². The van der Waals surface area contributed by atoms with E-state index in [1.165, 1.54) is 19.2 Å². The molecule has 2 aliphatic heterocycles. The first-order valence-corrected chi connectivity index (χ1v) is 11.2. The minimum atomic E-state index is -0.411. The van der Waals surface area contributed by atoms with Crippen LogP contribution in [0.4, 0.5) is 10.1 Å². The number of ether oxygens (including phenoxy) is 1. The molecule has 2 heterocycles. The van der Waals surface area contributed by atoms with Gasteiger partial charge in [-0.25, -0.2) is 4.39 Å². The number of nitrogen functional groups attached to an aromatic ring is 1. The van der Waals surface area contributed by atoms with Gasteiger partial charge in [0, 0.05) is 28.8 Å². The summed E-state index contributed by atoms with van der Waals surface area (Å²) in [5.41, 5.74) is 7.58. The van der Waals surface area contributed by atoms with Crippen molar-refractivity contribution in [3.8, 4) is 5.75 Å². The monoisotopic (exact) mass is 475 g/mol. The first-order valence-electron chi connectivity index (χ1n) is 10.4. The van der Waals surface area contributed by atoms with E-state index in [0.717, 1.165) is 44.1 Å². The number of methoxy groups -OCH3 is 1. The zero-order chi connectivity index (χ0) is 21.3. The van der Waals surface area contributed by atoms with E-state index in [2.05, 4.69) is 26.1 Å². The molecule has 1 amide bonds. The molecule has 0 atom stereocenters. The first-order chi connectivity index (χ1) is 14.4. The van der Waals surface area contributed by atoms with Crippen LogP contribution in [0.25, 0.3) is 0 Å². The minimum Gasteiger partial charge on any atom is -0.496 e. The second-order valence-electron chi connectivity index (χ2n) is 8.25. The van der Waals surface area contributed by atoms with E-state index in [1.54, 1.807) is 12.1 Å². The Balaban J connectivity index is 1.63. The minimum absolute atomic E-state index is 0.167. The molecule has 7 heteroatoms. The number of benzene rings is 2. The van der Waals surface area contributed by atoms with Crippen molar-refractivity contribution in [1.82, 2.24) is 10.2 Å². The van der Waals surface area contributed by atoms with Gasteiger partial charge in [0.2, 0.25) is 0 Å². The Morgan fingerprint density at radius 1 is 1.27 bits per heavy atom. The van der Waals surface area contributed by atoms with E-state index in [9.17, 15) is 9.18 Å². The average Bonchev–Trinajstić information content (AvgIpc) is 2.72. The Hall–Kier alpha value is -2.12. The lowest BCUT2D eigenvalue weighted by Gasteiger charge is -2.55. The molecule has 0 radical (unpaired) electrons. The number of anilines is 1. The lowest BCUT2D eigenvalue weighted by Crippen LogP contribution is -2.67. The van der Waals surface area contributed by atoms with Crippen LogP contribution >= 0.6 is 15.9 Å². The maximum Gasteiger partial charge on any atom is 0.256 e. The van der Waals surface area contributed by atoms with Crippen LogP contribution in [0.1, 0.15) is 54.4 Å². The topological polar surface area (TPSA) is 67.6 Å². The van der Waals surface area contributed by atoms with Gasteiger partial charge in [-0.2, -0.15) is 0 Å².